The lowest BCUT2D eigenvalue weighted by molar-refractivity contribution is 0.593. The van der Waals surface area contributed by atoms with Crippen molar-refractivity contribution in [2.75, 3.05) is 7.05 Å². The number of hydrogen-bond donors (Lipinski definition) is 1. The van der Waals surface area contributed by atoms with Crippen LogP contribution in [-0.4, -0.2) is 12.0 Å². The fourth-order valence-electron chi connectivity index (χ4n) is 1.91. The number of nitrogens with one attached hydrogen (secondary N) is 1. The molecule has 0 aliphatic heterocycles. The maximum Gasteiger partial charge on any atom is 0.0794 e. The first-order valence-electron chi connectivity index (χ1n) is 5.52. The van der Waals surface area contributed by atoms with E-state index < -0.39 is 0 Å². The Morgan fingerprint density at radius 1 is 1.47 bits per heavy atom. The van der Waals surface area contributed by atoms with Crippen LogP contribution in [0.25, 0.3) is 0 Å². The summed E-state index contributed by atoms with van der Waals surface area (Å²) in [6.45, 7) is 2.06. The number of nitrogens with zero attached hydrogens (tertiary/aromatic N) is 1. The van der Waals surface area contributed by atoms with Crippen molar-refractivity contribution in [2.45, 2.75) is 19.4 Å². The maximum atomic E-state index is 6.16. The molecule has 1 aromatic heterocycles. The highest BCUT2D eigenvalue weighted by Crippen LogP contribution is 2.27. The van der Waals surface area contributed by atoms with Crippen LogP contribution in [0.4, 0.5) is 0 Å². The predicted molar refractivity (Wildman–Crippen MR) is 73.8 cm³/mol. The molecule has 1 aromatic carbocycles. The number of benzene rings is 1. The lowest BCUT2D eigenvalue weighted by Gasteiger charge is -2.18. The summed E-state index contributed by atoms with van der Waals surface area (Å²) in [5.74, 6) is 0. The van der Waals surface area contributed by atoms with E-state index in [1.165, 1.54) is 10.4 Å². The van der Waals surface area contributed by atoms with Gasteiger partial charge in [0.2, 0.25) is 0 Å². The van der Waals surface area contributed by atoms with Crippen LogP contribution < -0.4 is 5.32 Å². The van der Waals surface area contributed by atoms with E-state index >= 15 is 0 Å². The second-order valence-electron chi connectivity index (χ2n) is 3.97. The number of halogens is 1. The van der Waals surface area contributed by atoms with Gasteiger partial charge in [-0.2, -0.15) is 0 Å². The number of likely N-dealkylation sites (N-methyl/N-ethyl adjacent to an activating group) is 1. The molecule has 0 radical (unpaired) electrons. The van der Waals surface area contributed by atoms with Crippen molar-refractivity contribution in [3.05, 3.63) is 50.9 Å². The maximum absolute atomic E-state index is 6.16. The Labute approximate surface area is 111 Å². The average molecular weight is 267 g/mol. The fraction of sp³-hybridized carbons (Fsp3) is 0.308. The Bertz CT molecular complexity index is 482. The van der Waals surface area contributed by atoms with Crippen LogP contribution in [0.2, 0.25) is 5.02 Å². The third-order valence-corrected chi connectivity index (χ3v) is 4.13. The minimum Gasteiger partial charge on any atom is -0.313 e. The van der Waals surface area contributed by atoms with Gasteiger partial charge in [0.1, 0.15) is 0 Å². The van der Waals surface area contributed by atoms with Crippen LogP contribution in [0.5, 0.6) is 0 Å². The summed E-state index contributed by atoms with van der Waals surface area (Å²) < 4.78 is 0. The number of aromatic nitrogens is 1. The zero-order valence-corrected chi connectivity index (χ0v) is 11.5. The van der Waals surface area contributed by atoms with Crippen LogP contribution in [0.15, 0.2) is 29.9 Å². The molecule has 1 unspecified atom stereocenters. The average Bonchev–Trinajstić information content (AvgIpc) is 2.83. The largest absolute Gasteiger partial charge is 0.313 e. The first kappa shape index (κ1) is 12.6. The quantitative estimate of drug-likeness (QED) is 0.915. The lowest BCUT2D eigenvalue weighted by atomic mass is 9.98. The van der Waals surface area contributed by atoms with Gasteiger partial charge in [-0.1, -0.05) is 23.7 Å². The topological polar surface area (TPSA) is 24.9 Å². The summed E-state index contributed by atoms with van der Waals surface area (Å²) >= 11 is 7.85. The molecule has 0 amide bonds. The van der Waals surface area contributed by atoms with Crippen LogP contribution in [0, 0.1) is 6.92 Å². The zero-order chi connectivity index (χ0) is 12.3. The molecule has 0 saturated heterocycles. The Morgan fingerprint density at radius 3 is 2.94 bits per heavy atom. The monoisotopic (exact) mass is 266 g/mol. The summed E-state index contributed by atoms with van der Waals surface area (Å²) in [4.78, 5) is 5.39. The molecule has 17 heavy (non-hydrogen) atoms. The second-order valence-corrected chi connectivity index (χ2v) is 5.35. The molecule has 90 valence electrons. The molecule has 1 heterocycles. The summed E-state index contributed by atoms with van der Waals surface area (Å²) in [7, 11) is 1.98. The standard InChI is InChI=1S/C13H15ClN2S/c1-9-11(4-3-5-12(9)14)13(15-2)6-10-7-16-8-17-10/h3-5,7-8,13,15H,6H2,1-2H3. The molecule has 0 spiro atoms. The Balaban J connectivity index is 2.26. The van der Waals surface area contributed by atoms with Gasteiger partial charge in [0.25, 0.3) is 0 Å². The Kier molecular flexibility index (Phi) is 4.15. The van der Waals surface area contributed by atoms with Crippen molar-refractivity contribution < 1.29 is 0 Å². The minimum atomic E-state index is 0.286. The molecule has 0 aliphatic carbocycles. The minimum absolute atomic E-state index is 0.286. The third-order valence-electron chi connectivity index (χ3n) is 2.92. The van der Waals surface area contributed by atoms with E-state index in [0.717, 1.165) is 17.0 Å². The van der Waals surface area contributed by atoms with Gasteiger partial charge in [-0.15, -0.1) is 11.3 Å². The smallest absolute Gasteiger partial charge is 0.0794 e. The van der Waals surface area contributed by atoms with E-state index in [1.807, 2.05) is 30.9 Å². The first-order valence-corrected chi connectivity index (χ1v) is 6.77. The van der Waals surface area contributed by atoms with Crippen molar-refractivity contribution in [2.24, 2.45) is 0 Å². The third kappa shape index (κ3) is 2.86. The molecule has 4 heteroatoms. The van der Waals surface area contributed by atoms with E-state index in [9.17, 15) is 0 Å². The van der Waals surface area contributed by atoms with Crippen molar-refractivity contribution in [3.63, 3.8) is 0 Å². The molecule has 2 rings (SSSR count). The van der Waals surface area contributed by atoms with Gasteiger partial charge in [-0.25, -0.2) is 0 Å². The molecule has 1 atom stereocenters. The molecule has 0 saturated carbocycles. The van der Waals surface area contributed by atoms with Crippen molar-refractivity contribution >= 4 is 22.9 Å². The van der Waals surface area contributed by atoms with Crippen LogP contribution >= 0.6 is 22.9 Å². The SMILES string of the molecule is CNC(Cc1cncs1)c1cccc(Cl)c1C. The molecule has 0 bridgehead atoms. The van der Waals surface area contributed by atoms with Gasteiger partial charge < -0.3 is 5.32 Å². The van der Waals surface area contributed by atoms with E-state index in [1.54, 1.807) is 11.3 Å². The molecule has 1 N–H and O–H groups in total. The van der Waals surface area contributed by atoms with E-state index in [2.05, 4.69) is 23.3 Å². The molecular weight excluding hydrogens is 252 g/mol. The number of rotatable bonds is 4. The van der Waals surface area contributed by atoms with Crippen molar-refractivity contribution in [3.8, 4) is 0 Å². The van der Waals surface area contributed by atoms with Crippen molar-refractivity contribution in [1.82, 2.24) is 10.3 Å². The molecule has 2 aromatic rings. The zero-order valence-electron chi connectivity index (χ0n) is 9.90. The second kappa shape index (κ2) is 5.63. The highest BCUT2D eigenvalue weighted by atomic mass is 35.5. The Morgan fingerprint density at radius 2 is 2.29 bits per heavy atom. The first-order chi connectivity index (χ1) is 8.22. The number of thiazole rings is 1. The van der Waals surface area contributed by atoms with E-state index in [-0.39, 0.29) is 6.04 Å². The fourth-order valence-corrected chi connectivity index (χ4v) is 2.74. The highest BCUT2D eigenvalue weighted by molar-refractivity contribution is 7.09. The molecule has 2 nitrogen and oxygen atoms in total. The Hall–Kier alpha value is -0.900. The van der Waals surface area contributed by atoms with Gasteiger partial charge in [0.15, 0.2) is 0 Å². The van der Waals surface area contributed by atoms with Gasteiger partial charge in [-0.05, 0) is 31.2 Å². The van der Waals surface area contributed by atoms with Crippen LogP contribution in [0.1, 0.15) is 22.0 Å². The normalized spacial score (nSPS) is 12.6. The van der Waals surface area contributed by atoms with Gasteiger partial charge in [0.05, 0.1) is 5.51 Å². The summed E-state index contributed by atoms with van der Waals surface area (Å²) in [6, 6.07) is 6.35. The summed E-state index contributed by atoms with van der Waals surface area (Å²) in [5.41, 5.74) is 4.28. The molecule has 0 aliphatic rings. The highest BCUT2D eigenvalue weighted by Gasteiger charge is 2.14. The van der Waals surface area contributed by atoms with E-state index in [4.69, 9.17) is 11.6 Å². The van der Waals surface area contributed by atoms with Crippen molar-refractivity contribution in [1.29, 1.82) is 0 Å². The predicted octanol–water partition coefficient (Wildman–Crippen LogP) is 3.61. The van der Waals surface area contributed by atoms with Gasteiger partial charge in [-0.3, -0.25) is 4.98 Å². The van der Waals surface area contributed by atoms with Crippen LogP contribution in [0.3, 0.4) is 0 Å². The van der Waals surface area contributed by atoms with E-state index in [0.29, 0.717) is 0 Å². The summed E-state index contributed by atoms with van der Waals surface area (Å²) in [5, 5.41) is 4.17. The lowest BCUT2D eigenvalue weighted by Crippen LogP contribution is -2.19. The number of hydrogen-bond acceptors (Lipinski definition) is 3. The van der Waals surface area contributed by atoms with Gasteiger partial charge in [0, 0.05) is 28.6 Å². The molecule has 0 fully saturated rings. The van der Waals surface area contributed by atoms with Gasteiger partial charge >= 0.3 is 0 Å². The summed E-state index contributed by atoms with van der Waals surface area (Å²) in [6.07, 6.45) is 2.87. The molecular formula is C13H15ClN2S. The van der Waals surface area contributed by atoms with Crippen LogP contribution in [-0.2, 0) is 6.42 Å².